The third-order valence-electron chi connectivity index (χ3n) is 5.75. The molecule has 0 unspecified atom stereocenters. The molecule has 4 rings (SSSR count). The molecule has 2 N–H and O–H groups in total. The Morgan fingerprint density at radius 2 is 1.76 bits per heavy atom. The van der Waals surface area contributed by atoms with Crippen molar-refractivity contribution in [2.45, 2.75) is 51.5 Å². The summed E-state index contributed by atoms with van der Waals surface area (Å²) in [5, 5.41) is 25.8. The summed E-state index contributed by atoms with van der Waals surface area (Å²) in [4.78, 5) is 11.4. The summed E-state index contributed by atoms with van der Waals surface area (Å²) in [6.45, 7) is 4.12. The zero-order valence-corrected chi connectivity index (χ0v) is 16.7. The highest BCUT2D eigenvalue weighted by Crippen LogP contribution is 2.40. The maximum absolute atomic E-state index is 11.4. The van der Waals surface area contributed by atoms with E-state index in [0.29, 0.717) is 0 Å². The molecule has 0 spiro atoms. The number of rotatable bonds is 5. The van der Waals surface area contributed by atoms with E-state index >= 15 is 0 Å². The van der Waals surface area contributed by atoms with E-state index in [1.54, 1.807) is 18.2 Å². The van der Waals surface area contributed by atoms with Gasteiger partial charge in [0.1, 0.15) is 0 Å². The summed E-state index contributed by atoms with van der Waals surface area (Å²) in [5.41, 5.74) is 3.79. The first kappa shape index (κ1) is 19.1. The van der Waals surface area contributed by atoms with E-state index in [9.17, 15) is 9.90 Å². The molecule has 3 aromatic rings. The van der Waals surface area contributed by atoms with Crippen LogP contribution in [0.15, 0.2) is 42.5 Å². The molecular formula is C22H25N5O2. The molecule has 0 atom stereocenters. The topological polar surface area (TPSA) is 92.9 Å². The van der Waals surface area contributed by atoms with Gasteiger partial charge in [-0.1, -0.05) is 43.5 Å². The maximum Gasteiger partial charge on any atom is 0.335 e. The average Bonchev–Trinajstić information content (AvgIpc) is 3.19. The van der Waals surface area contributed by atoms with Crippen molar-refractivity contribution in [1.29, 1.82) is 0 Å². The number of nitrogens with zero attached hydrogens (tertiary/aromatic N) is 4. The molecule has 150 valence electrons. The van der Waals surface area contributed by atoms with Crippen molar-refractivity contribution in [1.82, 2.24) is 20.2 Å². The molecule has 29 heavy (non-hydrogen) atoms. The zero-order valence-electron chi connectivity index (χ0n) is 16.7. The van der Waals surface area contributed by atoms with Gasteiger partial charge in [-0.05, 0) is 66.4 Å². The molecule has 0 saturated heterocycles. The van der Waals surface area contributed by atoms with Crippen LogP contribution in [0.5, 0.6) is 0 Å². The van der Waals surface area contributed by atoms with Crippen LogP contribution in [-0.4, -0.2) is 31.3 Å². The Labute approximate surface area is 169 Å². The molecule has 2 aromatic carbocycles. The normalized spacial score (nSPS) is 15.8. The van der Waals surface area contributed by atoms with Crippen molar-refractivity contribution in [3.8, 4) is 5.69 Å². The van der Waals surface area contributed by atoms with Crippen molar-refractivity contribution < 1.29 is 9.90 Å². The van der Waals surface area contributed by atoms with E-state index < -0.39 is 11.5 Å². The Balaban J connectivity index is 1.81. The fraction of sp³-hybridized carbons (Fsp3) is 0.364. The molecule has 1 aromatic heterocycles. The number of hydrogen-bond donors (Lipinski definition) is 2. The van der Waals surface area contributed by atoms with E-state index in [0.717, 1.165) is 54.0 Å². The number of carboxylic acids is 1. The lowest BCUT2D eigenvalue weighted by molar-refractivity contribution is 0.0697. The lowest BCUT2D eigenvalue weighted by atomic mass is 9.80. The van der Waals surface area contributed by atoms with Crippen LogP contribution in [0, 0.1) is 13.8 Å². The highest BCUT2D eigenvalue weighted by atomic mass is 16.4. The fourth-order valence-corrected chi connectivity index (χ4v) is 4.34. The molecule has 1 heterocycles. The third kappa shape index (κ3) is 3.60. The van der Waals surface area contributed by atoms with Crippen molar-refractivity contribution in [3.05, 3.63) is 65.0 Å². The molecule has 0 amide bonds. The van der Waals surface area contributed by atoms with Crippen LogP contribution in [-0.2, 0) is 5.54 Å². The molecule has 1 saturated carbocycles. The summed E-state index contributed by atoms with van der Waals surface area (Å²) < 4.78 is 1.85. The zero-order chi connectivity index (χ0) is 20.4. The molecule has 7 nitrogen and oxygen atoms in total. The Bertz CT molecular complexity index is 1020. The minimum absolute atomic E-state index is 0.260. The minimum Gasteiger partial charge on any atom is -0.478 e. The van der Waals surface area contributed by atoms with Crippen molar-refractivity contribution >= 4 is 11.7 Å². The standard InChI is InChI=1S/C22H25N5O2/c1-15-8-6-9-16(2)19(15)27-21(24-25-26-27)22(12-4-3-5-13-22)23-18-11-7-10-17(14-18)20(28)29/h6-11,14,23H,3-5,12-13H2,1-2H3,(H,28,29). The molecule has 1 aliphatic carbocycles. The summed E-state index contributed by atoms with van der Waals surface area (Å²) in [6.07, 6.45) is 5.06. The van der Waals surface area contributed by atoms with Crippen LogP contribution in [0.3, 0.4) is 0 Å². The van der Waals surface area contributed by atoms with Gasteiger partial charge >= 0.3 is 5.97 Å². The van der Waals surface area contributed by atoms with Crippen LogP contribution in [0.1, 0.15) is 59.4 Å². The van der Waals surface area contributed by atoms with Gasteiger partial charge in [0.05, 0.1) is 16.8 Å². The highest BCUT2D eigenvalue weighted by Gasteiger charge is 2.39. The first-order valence-electron chi connectivity index (χ1n) is 9.97. The number of anilines is 1. The number of nitrogens with one attached hydrogen (secondary N) is 1. The second-order valence-corrected chi connectivity index (χ2v) is 7.81. The molecule has 1 aliphatic rings. The van der Waals surface area contributed by atoms with Gasteiger partial charge in [0.25, 0.3) is 0 Å². The quantitative estimate of drug-likeness (QED) is 0.675. The van der Waals surface area contributed by atoms with E-state index in [1.165, 1.54) is 6.42 Å². The Kier molecular flexibility index (Phi) is 5.05. The van der Waals surface area contributed by atoms with Gasteiger partial charge in [0.2, 0.25) is 0 Å². The summed E-state index contributed by atoms with van der Waals surface area (Å²) >= 11 is 0. The van der Waals surface area contributed by atoms with Gasteiger partial charge < -0.3 is 10.4 Å². The van der Waals surface area contributed by atoms with E-state index in [1.807, 2.05) is 16.8 Å². The third-order valence-corrected chi connectivity index (χ3v) is 5.75. The fourth-order valence-electron chi connectivity index (χ4n) is 4.34. The van der Waals surface area contributed by atoms with E-state index in [2.05, 4.69) is 46.8 Å². The molecular weight excluding hydrogens is 366 g/mol. The maximum atomic E-state index is 11.4. The van der Waals surface area contributed by atoms with Crippen molar-refractivity contribution in [2.24, 2.45) is 0 Å². The number of hydrogen-bond acceptors (Lipinski definition) is 5. The van der Waals surface area contributed by atoms with Gasteiger partial charge in [0, 0.05) is 5.69 Å². The second-order valence-electron chi connectivity index (χ2n) is 7.81. The first-order chi connectivity index (χ1) is 14.0. The summed E-state index contributed by atoms with van der Waals surface area (Å²) in [6, 6.07) is 13.1. The predicted octanol–water partition coefficient (Wildman–Crippen LogP) is 4.25. The lowest BCUT2D eigenvalue weighted by Gasteiger charge is -2.38. The molecule has 0 aliphatic heterocycles. The van der Waals surface area contributed by atoms with Crippen LogP contribution < -0.4 is 5.32 Å². The lowest BCUT2D eigenvalue weighted by Crippen LogP contribution is -2.40. The van der Waals surface area contributed by atoms with Crippen LogP contribution in [0.25, 0.3) is 5.69 Å². The number of tetrazole rings is 1. The van der Waals surface area contributed by atoms with E-state index in [-0.39, 0.29) is 5.56 Å². The largest absolute Gasteiger partial charge is 0.478 e. The number of aromatic nitrogens is 4. The number of carbonyl (C=O) groups is 1. The van der Waals surface area contributed by atoms with Crippen LogP contribution >= 0.6 is 0 Å². The number of benzene rings is 2. The highest BCUT2D eigenvalue weighted by molar-refractivity contribution is 5.88. The average molecular weight is 391 g/mol. The molecule has 0 radical (unpaired) electrons. The van der Waals surface area contributed by atoms with Gasteiger partial charge in [-0.15, -0.1) is 5.10 Å². The van der Waals surface area contributed by atoms with Gasteiger partial charge in [-0.25, -0.2) is 4.79 Å². The molecule has 1 fully saturated rings. The number of aryl methyl sites for hydroxylation is 2. The monoisotopic (exact) mass is 391 g/mol. The van der Waals surface area contributed by atoms with Crippen LogP contribution in [0.2, 0.25) is 0 Å². The van der Waals surface area contributed by atoms with E-state index in [4.69, 9.17) is 0 Å². The summed E-state index contributed by atoms with van der Waals surface area (Å²) in [7, 11) is 0. The SMILES string of the molecule is Cc1cccc(C)c1-n1nnnc1C1(Nc2cccc(C(=O)O)c2)CCCCC1. The van der Waals surface area contributed by atoms with Crippen LogP contribution in [0.4, 0.5) is 5.69 Å². The second kappa shape index (κ2) is 7.66. The predicted molar refractivity (Wildman–Crippen MR) is 110 cm³/mol. The smallest absolute Gasteiger partial charge is 0.335 e. The Hall–Kier alpha value is -3.22. The summed E-state index contributed by atoms with van der Waals surface area (Å²) in [5.74, 6) is -0.165. The van der Waals surface area contributed by atoms with Gasteiger partial charge in [-0.2, -0.15) is 4.68 Å². The number of para-hydroxylation sites is 1. The van der Waals surface area contributed by atoms with Gasteiger partial charge in [0.15, 0.2) is 5.82 Å². The van der Waals surface area contributed by atoms with Crippen molar-refractivity contribution in [3.63, 3.8) is 0 Å². The Morgan fingerprint density at radius 3 is 2.45 bits per heavy atom. The minimum atomic E-state index is -0.938. The molecule has 7 heteroatoms. The van der Waals surface area contributed by atoms with Crippen molar-refractivity contribution in [2.75, 3.05) is 5.32 Å². The number of carboxylic acid groups (broad SMARTS) is 1. The Morgan fingerprint density at radius 1 is 1.07 bits per heavy atom. The number of aromatic carboxylic acids is 1. The van der Waals surface area contributed by atoms with Gasteiger partial charge in [-0.3, -0.25) is 0 Å². The first-order valence-corrected chi connectivity index (χ1v) is 9.97. The molecule has 0 bridgehead atoms.